The molecule has 4 N–H and O–H groups in total. The van der Waals surface area contributed by atoms with E-state index in [1.54, 1.807) is 13.2 Å². The fraction of sp³-hybridized carbons (Fsp3) is 0.200. The summed E-state index contributed by atoms with van der Waals surface area (Å²) in [6, 6.07) is 14.9. The Labute approximate surface area is 113 Å². The normalized spacial score (nSPS) is 9.16. The second-order valence-corrected chi connectivity index (χ2v) is 3.71. The van der Waals surface area contributed by atoms with Gasteiger partial charge in [-0.15, -0.1) is 0 Å². The summed E-state index contributed by atoms with van der Waals surface area (Å²) in [6.45, 7) is 2.60. The quantitative estimate of drug-likeness (QED) is 0.832. The fourth-order valence-corrected chi connectivity index (χ4v) is 1.43. The molecule has 2 rings (SSSR count). The molecule has 0 amide bonds. The van der Waals surface area contributed by atoms with Crippen molar-refractivity contribution >= 4 is 11.4 Å². The van der Waals surface area contributed by atoms with E-state index >= 15 is 0 Å². The molecule has 0 spiro atoms. The highest BCUT2D eigenvalue weighted by Gasteiger charge is 1.94. The van der Waals surface area contributed by atoms with Crippen LogP contribution in [0.1, 0.15) is 6.92 Å². The van der Waals surface area contributed by atoms with Gasteiger partial charge < -0.3 is 20.9 Å². The predicted molar refractivity (Wildman–Crippen MR) is 79.4 cm³/mol. The van der Waals surface area contributed by atoms with E-state index in [0.717, 1.165) is 11.5 Å². The molecule has 0 heterocycles. The number of hydrogen-bond acceptors (Lipinski definition) is 4. The van der Waals surface area contributed by atoms with Crippen LogP contribution >= 0.6 is 0 Å². The highest BCUT2D eigenvalue weighted by atomic mass is 16.5. The SMILES string of the molecule is CCOc1ccccc1N.COc1ccccc1N. The van der Waals surface area contributed by atoms with E-state index in [0.29, 0.717) is 18.0 Å². The van der Waals surface area contributed by atoms with Crippen molar-refractivity contribution in [2.45, 2.75) is 6.92 Å². The third-order valence-corrected chi connectivity index (χ3v) is 2.36. The van der Waals surface area contributed by atoms with E-state index in [-0.39, 0.29) is 0 Å². The van der Waals surface area contributed by atoms with Gasteiger partial charge in [0, 0.05) is 0 Å². The number of para-hydroxylation sites is 4. The van der Waals surface area contributed by atoms with Gasteiger partial charge in [-0.1, -0.05) is 24.3 Å². The average Bonchev–Trinajstić information content (AvgIpc) is 2.43. The fourth-order valence-electron chi connectivity index (χ4n) is 1.43. The average molecular weight is 260 g/mol. The van der Waals surface area contributed by atoms with Gasteiger partial charge in [-0.25, -0.2) is 0 Å². The number of methoxy groups -OCH3 is 1. The van der Waals surface area contributed by atoms with E-state index < -0.39 is 0 Å². The number of anilines is 2. The number of rotatable bonds is 3. The Morgan fingerprint density at radius 3 is 1.68 bits per heavy atom. The second kappa shape index (κ2) is 7.87. The lowest BCUT2D eigenvalue weighted by molar-refractivity contribution is 0.342. The summed E-state index contributed by atoms with van der Waals surface area (Å²) >= 11 is 0. The molecule has 0 aliphatic rings. The molecule has 0 radical (unpaired) electrons. The minimum Gasteiger partial charge on any atom is -0.495 e. The van der Waals surface area contributed by atoms with Gasteiger partial charge >= 0.3 is 0 Å². The van der Waals surface area contributed by atoms with Crippen molar-refractivity contribution in [3.05, 3.63) is 48.5 Å². The predicted octanol–water partition coefficient (Wildman–Crippen LogP) is 2.94. The molecule has 0 saturated carbocycles. The third-order valence-electron chi connectivity index (χ3n) is 2.36. The van der Waals surface area contributed by atoms with Crippen LogP contribution in [0.3, 0.4) is 0 Å². The molecule has 0 bridgehead atoms. The minimum atomic E-state index is 0.661. The van der Waals surface area contributed by atoms with E-state index in [4.69, 9.17) is 20.9 Å². The molecule has 0 unspecified atom stereocenters. The van der Waals surface area contributed by atoms with Crippen molar-refractivity contribution in [1.29, 1.82) is 0 Å². The highest BCUT2D eigenvalue weighted by molar-refractivity contribution is 5.52. The topological polar surface area (TPSA) is 70.5 Å². The first-order valence-corrected chi connectivity index (χ1v) is 6.04. The van der Waals surface area contributed by atoms with Crippen molar-refractivity contribution in [3.8, 4) is 11.5 Å². The van der Waals surface area contributed by atoms with Crippen molar-refractivity contribution in [3.63, 3.8) is 0 Å². The monoisotopic (exact) mass is 260 g/mol. The van der Waals surface area contributed by atoms with Gasteiger partial charge in [-0.05, 0) is 31.2 Å². The summed E-state index contributed by atoms with van der Waals surface area (Å²) in [5.74, 6) is 1.50. The lowest BCUT2D eigenvalue weighted by Crippen LogP contribution is -1.95. The van der Waals surface area contributed by atoms with Crippen LogP contribution in [0.25, 0.3) is 0 Å². The van der Waals surface area contributed by atoms with Gasteiger partial charge in [0.1, 0.15) is 11.5 Å². The second-order valence-electron chi connectivity index (χ2n) is 3.71. The van der Waals surface area contributed by atoms with E-state index in [1.165, 1.54) is 0 Å². The van der Waals surface area contributed by atoms with E-state index in [2.05, 4.69) is 0 Å². The zero-order chi connectivity index (χ0) is 14.1. The van der Waals surface area contributed by atoms with Crippen LogP contribution in [0.4, 0.5) is 11.4 Å². The Kier molecular flexibility index (Phi) is 6.09. The van der Waals surface area contributed by atoms with Gasteiger partial charge in [0.2, 0.25) is 0 Å². The third kappa shape index (κ3) is 4.79. The summed E-state index contributed by atoms with van der Waals surface area (Å²) in [4.78, 5) is 0. The van der Waals surface area contributed by atoms with Gasteiger partial charge in [0.25, 0.3) is 0 Å². The first-order valence-electron chi connectivity index (χ1n) is 6.04. The van der Waals surface area contributed by atoms with Crippen LogP contribution in [0.15, 0.2) is 48.5 Å². The largest absolute Gasteiger partial charge is 0.495 e. The van der Waals surface area contributed by atoms with Gasteiger partial charge in [0.15, 0.2) is 0 Å². The number of ether oxygens (including phenoxy) is 2. The summed E-state index contributed by atoms with van der Waals surface area (Å²) < 4.78 is 10.1. The number of nitrogen functional groups attached to an aromatic ring is 2. The lowest BCUT2D eigenvalue weighted by Gasteiger charge is -2.04. The number of nitrogens with two attached hydrogens (primary N) is 2. The van der Waals surface area contributed by atoms with Gasteiger partial charge in [-0.3, -0.25) is 0 Å². The molecule has 0 aromatic heterocycles. The maximum atomic E-state index is 5.58. The van der Waals surface area contributed by atoms with E-state index in [9.17, 15) is 0 Å². The molecule has 2 aromatic rings. The smallest absolute Gasteiger partial charge is 0.142 e. The maximum Gasteiger partial charge on any atom is 0.142 e. The summed E-state index contributed by atoms with van der Waals surface area (Å²) in [6.07, 6.45) is 0. The molecule has 0 aliphatic carbocycles. The van der Waals surface area contributed by atoms with Crippen molar-refractivity contribution in [1.82, 2.24) is 0 Å². The maximum absolute atomic E-state index is 5.58. The van der Waals surface area contributed by atoms with Crippen LogP contribution in [0.5, 0.6) is 11.5 Å². The Bertz CT molecular complexity index is 501. The van der Waals surface area contributed by atoms with Crippen LogP contribution in [0, 0.1) is 0 Å². The standard InChI is InChI=1S/C8H11NO.C7H9NO/c1-2-10-8-6-4-3-5-7(8)9;1-9-7-5-3-2-4-6(7)8/h3-6H,2,9H2,1H3;2-5H,8H2,1H3. The zero-order valence-electron chi connectivity index (χ0n) is 11.3. The Morgan fingerprint density at radius 2 is 1.32 bits per heavy atom. The first-order chi connectivity index (χ1) is 9.19. The zero-order valence-corrected chi connectivity index (χ0v) is 11.3. The first kappa shape index (κ1) is 14.7. The van der Waals surface area contributed by atoms with Crippen LogP contribution in [-0.2, 0) is 0 Å². The van der Waals surface area contributed by atoms with Crippen molar-refractivity contribution < 1.29 is 9.47 Å². The number of benzene rings is 2. The number of hydrogen-bond donors (Lipinski definition) is 2. The summed E-state index contributed by atoms with van der Waals surface area (Å²) in [5.41, 5.74) is 12.5. The van der Waals surface area contributed by atoms with Crippen molar-refractivity contribution in [2.75, 3.05) is 25.2 Å². The Hall–Kier alpha value is -2.36. The van der Waals surface area contributed by atoms with Crippen LogP contribution < -0.4 is 20.9 Å². The van der Waals surface area contributed by atoms with Gasteiger partial charge in [-0.2, -0.15) is 0 Å². The molecule has 0 atom stereocenters. The molecule has 102 valence electrons. The summed E-state index contributed by atoms with van der Waals surface area (Å²) in [5, 5.41) is 0. The molecular weight excluding hydrogens is 240 g/mol. The Morgan fingerprint density at radius 1 is 0.842 bits per heavy atom. The van der Waals surface area contributed by atoms with Gasteiger partial charge in [0.05, 0.1) is 25.1 Å². The molecule has 2 aromatic carbocycles. The molecule has 4 heteroatoms. The molecule has 19 heavy (non-hydrogen) atoms. The molecule has 0 fully saturated rings. The van der Waals surface area contributed by atoms with Crippen LogP contribution in [0.2, 0.25) is 0 Å². The van der Waals surface area contributed by atoms with Crippen molar-refractivity contribution in [2.24, 2.45) is 0 Å². The molecular formula is C15H20N2O2. The minimum absolute atomic E-state index is 0.661. The molecule has 4 nitrogen and oxygen atoms in total. The Balaban J connectivity index is 0.000000191. The van der Waals surface area contributed by atoms with E-state index in [1.807, 2.05) is 49.4 Å². The summed E-state index contributed by atoms with van der Waals surface area (Å²) in [7, 11) is 1.60. The highest BCUT2D eigenvalue weighted by Crippen LogP contribution is 2.19. The lowest BCUT2D eigenvalue weighted by atomic mass is 10.3. The van der Waals surface area contributed by atoms with Crippen LogP contribution in [-0.4, -0.2) is 13.7 Å². The molecule has 0 aliphatic heterocycles. The molecule has 0 saturated heterocycles.